The van der Waals surface area contributed by atoms with Crippen molar-refractivity contribution in [2.75, 3.05) is 54.1 Å². The number of hydrogen-bond acceptors (Lipinski definition) is 6. The first kappa shape index (κ1) is 22.8. The molecular formula is C21H33N3O5. The molecule has 1 saturated heterocycles. The van der Waals surface area contributed by atoms with Crippen molar-refractivity contribution in [2.45, 2.75) is 27.3 Å². The number of amides is 2. The lowest BCUT2D eigenvalue weighted by Crippen LogP contribution is -2.51. The molecular weight excluding hydrogens is 374 g/mol. The summed E-state index contributed by atoms with van der Waals surface area (Å²) in [5.74, 6) is 1.70. The first-order valence-corrected chi connectivity index (χ1v) is 9.77. The highest BCUT2D eigenvalue weighted by Crippen LogP contribution is 2.40. The van der Waals surface area contributed by atoms with E-state index in [4.69, 9.17) is 14.2 Å². The number of nitrogens with zero attached hydrogens (tertiary/aromatic N) is 2. The molecule has 0 spiro atoms. The normalized spacial score (nSPS) is 15.0. The molecule has 0 saturated carbocycles. The van der Waals surface area contributed by atoms with E-state index in [1.165, 1.54) is 0 Å². The number of rotatable bonds is 7. The maximum atomic E-state index is 12.4. The Kier molecular flexibility index (Phi) is 7.73. The number of piperazine rings is 1. The Hall–Kier alpha value is -2.48. The maximum Gasteiger partial charge on any atom is 0.242 e. The van der Waals surface area contributed by atoms with E-state index < -0.39 is 5.41 Å². The lowest BCUT2D eigenvalue weighted by Gasteiger charge is -2.35. The molecule has 8 nitrogen and oxygen atoms in total. The third-order valence-corrected chi connectivity index (χ3v) is 4.99. The SMILES string of the molecule is COc1ccc(CN2CCN(C(=O)CNC(=O)C(C)(C)C)CC2)c(OC)c1OC. The standard InChI is InChI=1S/C21H33N3O5/c1-21(2,3)20(26)22-13-17(25)24-11-9-23(10-12-24)14-15-7-8-16(27-4)19(29-6)18(15)28-5/h7-8H,9-14H2,1-6H3,(H,22,26). The van der Waals surface area contributed by atoms with Crippen molar-refractivity contribution in [3.63, 3.8) is 0 Å². The van der Waals surface area contributed by atoms with Crippen LogP contribution in [-0.2, 0) is 16.1 Å². The molecule has 1 N–H and O–H groups in total. The Morgan fingerprint density at radius 3 is 2.10 bits per heavy atom. The minimum absolute atomic E-state index is 0.0413. The van der Waals surface area contributed by atoms with Crippen LogP contribution in [0.1, 0.15) is 26.3 Å². The highest BCUT2D eigenvalue weighted by Gasteiger charge is 2.25. The van der Waals surface area contributed by atoms with Crippen molar-refractivity contribution in [3.05, 3.63) is 17.7 Å². The molecule has 1 aromatic carbocycles. The van der Waals surface area contributed by atoms with Gasteiger partial charge in [-0.1, -0.05) is 26.8 Å². The van der Waals surface area contributed by atoms with E-state index in [-0.39, 0.29) is 18.4 Å². The summed E-state index contributed by atoms with van der Waals surface area (Å²) >= 11 is 0. The van der Waals surface area contributed by atoms with Gasteiger partial charge >= 0.3 is 0 Å². The third-order valence-electron chi connectivity index (χ3n) is 4.99. The van der Waals surface area contributed by atoms with Crippen molar-refractivity contribution in [2.24, 2.45) is 5.41 Å². The minimum Gasteiger partial charge on any atom is -0.493 e. The molecule has 0 aliphatic carbocycles. The number of hydrogen-bond donors (Lipinski definition) is 1. The van der Waals surface area contributed by atoms with E-state index in [0.29, 0.717) is 36.9 Å². The van der Waals surface area contributed by atoms with Crippen LogP contribution in [0.3, 0.4) is 0 Å². The summed E-state index contributed by atoms with van der Waals surface area (Å²) in [6, 6.07) is 3.84. The predicted molar refractivity (Wildman–Crippen MR) is 110 cm³/mol. The summed E-state index contributed by atoms with van der Waals surface area (Å²) in [7, 11) is 4.80. The molecule has 1 aliphatic rings. The van der Waals surface area contributed by atoms with E-state index in [1.807, 2.05) is 32.9 Å². The van der Waals surface area contributed by atoms with Gasteiger partial charge in [-0.3, -0.25) is 14.5 Å². The van der Waals surface area contributed by atoms with Crippen molar-refractivity contribution in [3.8, 4) is 17.2 Å². The average Bonchev–Trinajstić information content (AvgIpc) is 2.70. The fraction of sp³-hybridized carbons (Fsp3) is 0.619. The van der Waals surface area contributed by atoms with E-state index in [2.05, 4.69) is 10.2 Å². The van der Waals surface area contributed by atoms with Gasteiger partial charge in [0.1, 0.15) is 0 Å². The average molecular weight is 408 g/mol. The van der Waals surface area contributed by atoms with Crippen molar-refractivity contribution in [1.82, 2.24) is 15.1 Å². The second kappa shape index (κ2) is 9.82. The first-order valence-electron chi connectivity index (χ1n) is 9.77. The Morgan fingerprint density at radius 2 is 1.59 bits per heavy atom. The van der Waals surface area contributed by atoms with E-state index >= 15 is 0 Å². The number of carbonyl (C=O) groups is 2. The Bertz CT molecular complexity index is 722. The van der Waals surface area contributed by atoms with Gasteiger partial charge < -0.3 is 24.4 Å². The summed E-state index contributed by atoms with van der Waals surface area (Å²) in [5, 5.41) is 2.72. The molecule has 0 radical (unpaired) electrons. The number of ether oxygens (including phenoxy) is 3. The highest BCUT2D eigenvalue weighted by molar-refractivity contribution is 5.87. The van der Waals surface area contributed by atoms with Crippen LogP contribution in [0.25, 0.3) is 0 Å². The lowest BCUT2D eigenvalue weighted by molar-refractivity contribution is -0.136. The summed E-state index contributed by atoms with van der Waals surface area (Å²) in [6.45, 7) is 8.95. The van der Waals surface area contributed by atoms with Crippen LogP contribution >= 0.6 is 0 Å². The van der Waals surface area contributed by atoms with Gasteiger partial charge in [-0.25, -0.2) is 0 Å². The lowest BCUT2D eigenvalue weighted by atomic mass is 9.96. The molecule has 0 atom stereocenters. The van der Waals surface area contributed by atoms with Crippen LogP contribution in [0.4, 0.5) is 0 Å². The molecule has 29 heavy (non-hydrogen) atoms. The number of benzene rings is 1. The van der Waals surface area contributed by atoms with Gasteiger partial charge in [0, 0.05) is 43.7 Å². The zero-order chi connectivity index (χ0) is 21.6. The Labute approximate surface area is 173 Å². The van der Waals surface area contributed by atoms with Crippen molar-refractivity contribution >= 4 is 11.8 Å². The second-order valence-corrected chi connectivity index (χ2v) is 8.08. The first-order chi connectivity index (χ1) is 13.7. The molecule has 2 rings (SSSR count). The quantitative estimate of drug-likeness (QED) is 0.738. The predicted octanol–water partition coefficient (Wildman–Crippen LogP) is 1.52. The molecule has 0 bridgehead atoms. The highest BCUT2D eigenvalue weighted by atomic mass is 16.5. The van der Waals surface area contributed by atoms with Crippen LogP contribution in [0, 0.1) is 5.41 Å². The molecule has 0 unspecified atom stereocenters. The molecule has 1 heterocycles. The second-order valence-electron chi connectivity index (χ2n) is 8.08. The number of methoxy groups -OCH3 is 3. The maximum absolute atomic E-state index is 12.4. The van der Waals surface area contributed by atoms with E-state index in [9.17, 15) is 9.59 Å². The molecule has 8 heteroatoms. The molecule has 2 amide bonds. The van der Waals surface area contributed by atoms with Crippen LogP contribution in [0.5, 0.6) is 17.2 Å². The molecule has 1 fully saturated rings. The topological polar surface area (TPSA) is 80.3 Å². The van der Waals surface area contributed by atoms with Crippen LogP contribution < -0.4 is 19.5 Å². The zero-order valence-corrected chi connectivity index (χ0v) is 18.3. The summed E-state index contributed by atoms with van der Waals surface area (Å²) in [5.41, 5.74) is 0.500. The molecule has 1 aliphatic heterocycles. The zero-order valence-electron chi connectivity index (χ0n) is 18.3. The molecule has 162 valence electrons. The van der Waals surface area contributed by atoms with Gasteiger partial charge in [0.15, 0.2) is 11.5 Å². The summed E-state index contributed by atoms with van der Waals surface area (Å²) in [4.78, 5) is 28.4. The van der Waals surface area contributed by atoms with Crippen LogP contribution in [0.15, 0.2) is 12.1 Å². The summed E-state index contributed by atoms with van der Waals surface area (Å²) < 4.78 is 16.3. The van der Waals surface area contributed by atoms with Gasteiger partial charge in [0.25, 0.3) is 0 Å². The van der Waals surface area contributed by atoms with Gasteiger partial charge in [-0.05, 0) is 6.07 Å². The van der Waals surface area contributed by atoms with E-state index in [0.717, 1.165) is 18.7 Å². The van der Waals surface area contributed by atoms with Crippen LogP contribution in [-0.4, -0.2) is 75.7 Å². The smallest absolute Gasteiger partial charge is 0.242 e. The number of carbonyl (C=O) groups excluding carboxylic acids is 2. The summed E-state index contributed by atoms with van der Waals surface area (Å²) in [6.07, 6.45) is 0. The molecule has 1 aromatic rings. The third kappa shape index (κ3) is 5.76. The van der Waals surface area contributed by atoms with Gasteiger partial charge in [-0.15, -0.1) is 0 Å². The number of nitrogens with one attached hydrogen (secondary N) is 1. The van der Waals surface area contributed by atoms with Gasteiger partial charge in [0.05, 0.1) is 27.9 Å². The fourth-order valence-corrected chi connectivity index (χ4v) is 3.22. The van der Waals surface area contributed by atoms with Gasteiger partial charge in [-0.2, -0.15) is 0 Å². The van der Waals surface area contributed by atoms with Crippen LogP contribution in [0.2, 0.25) is 0 Å². The Balaban J connectivity index is 1.92. The largest absolute Gasteiger partial charge is 0.493 e. The monoisotopic (exact) mass is 407 g/mol. The van der Waals surface area contributed by atoms with Crippen molar-refractivity contribution < 1.29 is 23.8 Å². The van der Waals surface area contributed by atoms with Gasteiger partial charge in [0.2, 0.25) is 17.6 Å². The van der Waals surface area contributed by atoms with Crippen molar-refractivity contribution in [1.29, 1.82) is 0 Å². The molecule has 0 aromatic heterocycles. The Morgan fingerprint density at radius 1 is 0.966 bits per heavy atom. The fourth-order valence-electron chi connectivity index (χ4n) is 3.22. The van der Waals surface area contributed by atoms with E-state index in [1.54, 1.807) is 26.2 Å². The minimum atomic E-state index is -0.503.